The number of carbonyl (C=O) groups is 1. The Balaban J connectivity index is 1.59. The number of thiazole rings is 1. The monoisotopic (exact) mass is 436 g/mol. The molecule has 2 N–H and O–H groups in total. The molecule has 0 saturated carbocycles. The molecule has 0 spiro atoms. The van der Waals surface area contributed by atoms with Crippen molar-refractivity contribution >= 4 is 27.5 Å². The Hall–Kier alpha value is -3.28. The Kier molecular flexibility index (Phi) is 4.13. The quantitative estimate of drug-likeness (QED) is 0.469. The van der Waals surface area contributed by atoms with Gasteiger partial charge in [-0.05, 0) is 12.1 Å². The lowest BCUT2D eigenvalue weighted by molar-refractivity contribution is -0.141. The standard InChI is InChI=1S/C18H12F4N6OS/c19-8-2-1-3-11-13(8)25-16(30-11)15-14-9(23-7-24-14)4-5-28(15)17(29)10-6-12(27-26-10)18(20,21)22/h1-3,6-7,15H,4-5H2,(H,23,24)(H,26,27)/t15-/m0/s1. The zero-order valence-corrected chi connectivity index (χ0v) is 15.8. The molecule has 4 aromatic rings. The Morgan fingerprint density at radius 1 is 1.30 bits per heavy atom. The van der Waals surface area contributed by atoms with Gasteiger partial charge in [0.05, 0.1) is 16.7 Å². The van der Waals surface area contributed by atoms with E-state index < -0.39 is 29.6 Å². The van der Waals surface area contributed by atoms with E-state index in [1.807, 2.05) is 0 Å². The highest BCUT2D eigenvalue weighted by molar-refractivity contribution is 7.18. The van der Waals surface area contributed by atoms with Crippen molar-refractivity contribution in [3.8, 4) is 0 Å². The number of alkyl halides is 3. The fraction of sp³-hybridized carbons (Fsp3) is 0.222. The number of rotatable bonds is 2. The zero-order chi connectivity index (χ0) is 21.0. The molecule has 1 aliphatic rings. The van der Waals surface area contributed by atoms with Crippen LogP contribution in [-0.2, 0) is 12.6 Å². The second-order valence-corrected chi connectivity index (χ2v) is 7.78. The Labute approximate surface area is 169 Å². The van der Waals surface area contributed by atoms with Crippen LogP contribution in [0.25, 0.3) is 10.2 Å². The van der Waals surface area contributed by atoms with Gasteiger partial charge in [0.1, 0.15) is 28.1 Å². The molecule has 0 saturated heterocycles. The van der Waals surface area contributed by atoms with Gasteiger partial charge in [-0.3, -0.25) is 9.89 Å². The number of H-pyrrole nitrogens is 2. The van der Waals surface area contributed by atoms with Crippen molar-refractivity contribution in [3.63, 3.8) is 0 Å². The molecule has 0 aliphatic carbocycles. The summed E-state index contributed by atoms with van der Waals surface area (Å²) >= 11 is 1.21. The first kappa shape index (κ1) is 18.7. The van der Waals surface area contributed by atoms with E-state index in [0.29, 0.717) is 27.9 Å². The minimum atomic E-state index is -4.67. The van der Waals surface area contributed by atoms with Crippen LogP contribution >= 0.6 is 11.3 Å². The Morgan fingerprint density at radius 3 is 2.87 bits per heavy atom. The van der Waals surface area contributed by atoms with Gasteiger partial charge >= 0.3 is 6.18 Å². The number of amides is 1. The number of hydrogen-bond donors (Lipinski definition) is 2. The normalized spacial score (nSPS) is 16.8. The summed E-state index contributed by atoms with van der Waals surface area (Å²) in [6, 6.07) is 4.48. The van der Waals surface area contributed by atoms with Crippen LogP contribution in [0.5, 0.6) is 0 Å². The number of nitrogens with one attached hydrogen (secondary N) is 2. The van der Waals surface area contributed by atoms with Crippen molar-refractivity contribution in [2.24, 2.45) is 0 Å². The van der Waals surface area contributed by atoms with E-state index in [4.69, 9.17) is 0 Å². The smallest absolute Gasteiger partial charge is 0.348 e. The van der Waals surface area contributed by atoms with Gasteiger partial charge in [0.2, 0.25) is 0 Å². The van der Waals surface area contributed by atoms with Crippen molar-refractivity contribution in [3.05, 3.63) is 64.2 Å². The van der Waals surface area contributed by atoms with E-state index in [1.54, 1.807) is 12.1 Å². The third kappa shape index (κ3) is 2.95. The second kappa shape index (κ2) is 6.62. The zero-order valence-electron chi connectivity index (χ0n) is 15.0. The molecule has 0 radical (unpaired) electrons. The molecule has 154 valence electrons. The molecule has 0 bridgehead atoms. The first-order chi connectivity index (χ1) is 14.3. The third-order valence-electron chi connectivity index (χ3n) is 4.90. The third-order valence-corrected chi connectivity index (χ3v) is 5.98. The summed E-state index contributed by atoms with van der Waals surface area (Å²) in [7, 11) is 0. The molecule has 12 heteroatoms. The van der Waals surface area contributed by atoms with Crippen LogP contribution in [0.1, 0.15) is 38.6 Å². The predicted octanol–water partition coefficient (Wildman–Crippen LogP) is 3.69. The Bertz CT molecular complexity index is 1260. The molecule has 7 nitrogen and oxygen atoms in total. The molecule has 1 aromatic carbocycles. The van der Waals surface area contributed by atoms with Gasteiger partial charge < -0.3 is 9.88 Å². The highest BCUT2D eigenvalue weighted by Crippen LogP contribution is 2.38. The summed E-state index contributed by atoms with van der Waals surface area (Å²) in [5.74, 6) is -1.16. The Morgan fingerprint density at radius 2 is 2.13 bits per heavy atom. The minimum absolute atomic E-state index is 0.174. The molecule has 4 heterocycles. The molecular weight excluding hydrogens is 424 g/mol. The lowest BCUT2D eigenvalue weighted by Crippen LogP contribution is -2.41. The van der Waals surface area contributed by atoms with Crippen LogP contribution < -0.4 is 0 Å². The summed E-state index contributed by atoms with van der Waals surface area (Å²) in [4.78, 5) is 26.2. The lowest BCUT2D eigenvalue weighted by atomic mass is 10.0. The fourth-order valence-corrected chi connectivity index (χ4v) is 4.62. The number of fused-ring (bicyclic) bond motifs is 2. The van der Waals surface area contributed by atoms with Crippen LogP contribution in [0.2, 0.25) is 0 Å². The number of nitrogens with zero attached hydrogens (tertiary/aromatic N) is 4. The van der Waals surface area contributed by atoms with Crippen LogP contribution in [0.4, 0.5) is 17.6 Å². The second-order valence-electron chi connectivity index (χ2n) is 6.72. The number of carbonyl (C=O) groups excluding carboxylic acids is 1. The molecule has 0 fully saturated rings. The number of aromatic nitrogens is 5. The number of imidazole rings is 1. The maximum absolute atomic E-state index is 14.2. The number of halogens is 4. The number of benzene rings is 1. The minimum Gasteiger partial charge on any atom is -0.348 e. The van der Waals surface area contributed by atoms with Crippen molar-refractivity contribution in [2.45, 2.75) is 18.6 Å². The van der Waals surface area contributed by atoms with Gasteiger partial charge in [-0.25, -0.2) is 14.4 Å². The first-order valence-corrected chi connectivity index (χ1v) is 9.65. The molecule has 1 atom stereocenters. The number of hydrogen-bond acceptors (Lipinski definition) is 5. The molecule has 0 unspecified atom stereocenters. The summed E-state index contributed by atoms with van der Waals surface area (Å²) in [6.45, 7) is 0.220. The van der Waals surface area contributed by atoms with E-state index >= 15 is 0 Å². The average Bonchev–Trinajstić information content (AvgIpc) is 3.44. The summed E-state index contributed by atoms with van der Waals surface area (Å²) in [6.07, 6.45) is -2.75. The number of aromatic amines is 2. The van der Waals surface area contributed by atoms with Gasteiger partial charge in [0.15, 0.2) is 5.69 Å². The highest BCUT2D eigenvalue weighted by atomic mass is 32.1. The molecular formula is C18H12F4N6OS. The van der Waals surface area contributed by atoms with Crippen LogP contribution in [0.3, 0.4) is 0 Å². The summed E-state index contributed by atoms with van der Waals surface area (Å²) < 4.78 is 53.4. The summed E-state index contributed by atoms with van der Waals surface area (Å²) in [5, 5.41) is 5.79. The van der Waals surface area contributed by atoms with Gasteiger partial charge in [-0.15, -0.1) is 11.3 Å². The first-order valence-electron chi connectivity index (χ1n) is 8.83. The van der Waals surface area contributed by atoms with Crippen molar-refractivity contribution in [1.29, 1.82) is 0 Å². The van der Waals surface area contributed by atoms with Gasteiger partial charge in [-0.2, -0.15) is 18.3 Å². The van der Waals surface area contributed by atoms with Crippen LogP contribution in [-0.4, -0.2) is 42.5 Å². The fourth-order valence-electron chi connectivity index (χ4n) is 3.53. The predicted molar refractivity (Wildman–Crippen MR) is 98.3 cm³/mol. The largest absolute Gasteiger partial charge is 0.435 e. The van der Waals surface area contributed by atoms with Gasteiger partial charge in [-0.1, -0.05) is 6.07 Å². The van der Waals surface area contributed by atoms with E-state index in [0.717, 1.165) is 5.69 Å². The van der Waals surface area contributed by atoms with Crippen molar-refractivity contribution < 1.29 is 22.4 Å². The maximum atomic E-state index is 14.2. The van der Waals surface area contributed by atoms with E-state index in [1.165, 1.54) is 28.6 Å². The molecule has 1 amide bonds. The van der Waals surface area contributed by atoms with Gasteiger partial charge in [0.25, 0.3) is 5.91 Å². The van der Waals surface area contributed by atoms with Gasteiger partial charge in [0, 0.05) is 24.7 Å². The topological polar surface area (TPSA) is 90.6 Å². The highest BCUT2D eigenvalue weighted by Gasteiger charge is 2.39. The number of para-hydroxylation sites is 1. The molecule has 5 rings (SSSR count). The summed E-state index contributed by atoms with van der Waals surface area (Å²) in [5.41, 5.74) is 0.0305. The maximum Gasteiger partial charge on any atom is 0.435 e. The van der Waals surface area contributed by atoms with Crippen LogP contribution in [0.15, 0.2) is 30.6 Å². The van der Waals surface area contributed by atoms with Crippen molar-refractivity contribution in [2.75, 3.05) is 6.54 Å². The molecule has 1 aliphatic heterocycles. The van der Waals surface area contributed by atoms with E-state index in [2.05, 4.69) is 25.1 Å². The van der Waals surface area contributed by atoms with Crippen LogP contribution in [0, 0.1) is 5.82 Å². The SMILES string of the molecule is O=C(c1cc(C(F)(F)F)n[nH]1)N1CCc2[nH]cnc2[C@H]1c1nc2c(F)cccc2s1. The van der Waals surface area contributed by atoms with E-state index in [9.17, 15) is 22.4 Å². The molecule has 30 heavy (non-hydrogen) atoms. The average molecular weight is 436 g/mol. The van der Waals surface area contributed by atoms with E-state index in [-0.39, 0.29) is 17.8 Å². The lowest BCUT2D eigenvalue weighted by Gasteiger charge is -2.33. The van der Waals surface area contributed by atoms with Crippen molar-refractivity contribution in [1.82, 2.24) is 30.0 Å². The molecule has 3 aromatic heterocycles.